The lowest BCUT2D eigenvalue weighted by Gasteiger charge is -2.19. The first-order valence-electron chi connectivity index (χ1n) is 7.43. The van der Waals surface area contributed by atoms with Gasteiger partial charge in [-0.05, 0) is 24.7 Å². The van der Waals surface area contributed by atoms with Gasteiger partial charge in [0.25, 0.3) is 5.56 Å². The number of aromatic nitrogens is 4. The molecule has 6 nitrogen and oxygen atoms in total. The number of halogens is 1. The van der Waals surface area contributed by atoms with E-state index in [1.54, 1.807) is 22.9 Å². The zero-order chi connectivity index (χ0) is 16.4. The first kappa shape index (κ1) is 15.7. The average Bonchev–Trinajstić information content (AvgIpc) is 2.92. The maximum Gasteiger partial charge on any atom is 0.258 e. The third kappa shape index (κ3) is 3.60. The molecule has 0 atom stereocenters. The summed E-state index contributed by atoms with van der Waals surface area (Å²) in [5, 5.41) is 5.22. The summed E-state index contributed by atoms with van der Waals surface area (Å²) < 4.78 is 1.78. The summed E-state index contributed by atoms with van der Waals surface area (Å²) in [6, 6.07) is 5.15. The molecule has 2 heterocycles. The summed E-state index contributed by atoms with van der Waals surface area (Å²) in [5.74, 6) is 0.649. The summed E-state index contributed by atoms with van der Waals surface area (Å²) in [6.07, 6.45) is 3.84. The van der Waals surface area contributed by atoms with Gasteiger partial charge >= 0.3 is 0 Å². The first-order valence-corrected chi connectivity index (χ1v) is 7.81. The van der Waals surface area contributed by atoms with Crippen molar-refractivity contribution in [2.45, 2.75) is 20.0 Å². The second-order valence-electron chi connectivity index (χ2n) is 5.50. The Labute approximate surface area is 138 Å². The number of H-pyrrole nitrogens is 1. The molecule has 1 aromatic carbocycles. The number of aromatic amines is 1. The van der Waals surface area contributed by atoms with E-state index in [0.717, 1.165) is 18.7 Å². The maximum atomic E-state index is 12.2. The van der Waals surface area contributed by atoms with Gasteiger partial charge in [0.2, 0.25) is 0 Å². The molecule has 0 saturated carbocycles. The van der Waals surface area contributed by atoms with Gasteiger partial charge in [0.15, 0.2) is 0 Å². The number of hydrogen-bond acceptors (Lipinski definition) is 4. The predicted molar refractivity (Wildman–Crippen MR) is 90.4 cm³/mol. The highest BCUT2D eigenvalue weighted by molar-refractivity contribution is 6.31. The number of aryl methyl sites for hydroxylation is 1. The van der Waals surface area contributed by atoms with Crippen molar-refractivity contribution < 1.29 is 0 Å². The highest BCUT2D eigenvalue weighted by Crippen LogP contribution is 2.15. The molecular weight excluding hydrogens is 314 g/mol. The number of nitrogens with zero attached hydrogens (tertiary/aromatic N) is 4. The zero-order valence-electron chi connectivity index (χ0n) is 13.1. The first-order chi connectivity index (χ1) is 11.0. The molecule has 0 aliphatic heterocycles. The van der Waals surface area contributed by atoms with Crippen LogP contribution in [0.4, 0.5) is 0 Å². The Morgan fingerprint density at radius 2 is 2.17 bits per heavy atom. The van der Waals surface area contributed by atoms with E-state index in [9.17, 15) is 4.79 Å². The number of rotatable bonds is 5. The summed E-state index contributed by atoms with van der Waals surface area (Å²) in [5.41, 5.74) is 1.62. The van der Waals surface area contributed by atoms with Crippen molar-refractivity contribution in [1.29, 1.82) is 0 Å². The van der Waals surface area contributed by atoms with E-state index in [1.165, 1.54) is 0 Å². The van der Waals surface area contributed by atoms with E-state index in [-0.39, 0.29) is 5.56 Å². The van der Waals surface area contributed by atoms with Crippen molar-refractivity contribution in [2.24, 2.45) is 7.05 Å². The van der Waals surface area contributed by atoms with Crippen molar-refractivity contribution in [3.05, 3.63) is 57.4 Å². The van der Waals surface area contributed by atoms with Gasteiger partial charge in [-0.3, -0.25) is 14.4 Å². The van der Waals surface area contributed by atoms with Gasteiger partial charge in [-0.15, -0.1) is 0 Å². The largest absolute Gasteiger partial charge is 0.309 e. The Morgan fingerprint density at radius 3 is 2.87 bits per heavy atom. The number of nitrogens with one attached hydrogen (secondary N) is 1. The van der Waals surface area contributed by atoms with Crippen molar-refractivity contribution >= 4 is 22.5 Å². The fourth-order valence-corrected chi connectivity index (χ4v) is 2.71. The van der Waals surface area contributed by atoms with Gasteiger partial charge in [-0.1, -0.05) is 18.5 Å². The minimum absolute atomic E-state index is 0.162. The van der Waals surface area contributed by atoms with Crippen LogP contribution in [-0.2, 0) is 20.1 Å². The second kappa shape index (κ2) is 6.52. The Balaban J connectivity index is 1.84. The molecule has 0 aliphatic carbocycles. The fraction of sp³-hybridized carbons (Fsp3) is 0.312. The minimum Gasteiger partial charge on any atom is -0.309 e. The van der Waals surface area contributed by atoms with E-state index >= 15 is 0 Å². The lowest BCUT2D eigenvalue weighted by atomic mass is 10.2. The third-order valence-electron chi connectivity index (χ3n) is 3.70. The van der Waals surface area contributed by atoms with Crippen LogP contribution in [-0.4, -0.2) is 31.2 Å². The predicted octanol–water partition coefficient (Wildman–Crippen LogP) is 2.33. The highest BCUT2D eigenvalue weighted by atomic mass is 35.5. The molecule has 0 amide bonds. The van der Waals surface area contributed by atoms with Crippen LogP contribution in [0.5, 0.6) is 0 Å². The average molecular weight is 332 g/mol. The molecule has 0 radical (unpaired) electrons. The monoisotopic (exact) mass is 331 g/mol. The van der Waals surface area contributed by atoms with Crippen molar-refractivity contribution in [3.8, 4) is 0 Å². The molecule has 0 bridgehead atoms. The molecule has 0 fully saturated rings. The van der Waals surface area contributed by atoms with Crippen molar-refractivity contribution in [3.63, 3.8) is 0 Å². The highest BCUT2D eigenvalue weighted by Gasteiger charge is 2.10. The van der Waals surface area contributed by atoms with Crippen LogP contribution in [0.2, 0.25) is 5.02 Å². The van der Waals surface area contributed by atoms with Crippen LogP contribution in [0, 0.1) is 0 Å². The van der Waals surface area contributed by atoms with Gasteiger partial charge in [-0.25, -0.2) is 4.98 Å². The second-order valence-corrected chi connectivity index (χ2v) is 5.94. The van der Waals surface area contributed by atoms with Crippen LogP contribution in [0.15, 0.2) is 35.4 Å². The quantitative estimate of drug-likeness (QED) is 0.779. The minimum atomic E-state index is -0.162. The Hall–Kier alpha value is -2.18. The summed E-state index contributed by atoms with van der Waals surface area (Å²) in [6.45, 7) is 4.25. The van der Waals surface area contributed by atoms with Crippen LogP contribution in [0.1, 0.15) is 18.3 Å². The molecule has 120 valence electrons. The topological polar surface area (TPSA) is 66.8 Å². The lowest BCUT2D eigenvalue weighted by Crippen LogP contribution is -2.25. The van der Waals surface area contributed by atoms with Crippen molar-refractivity contribution in [1.82, 2.24) is 24.6 Å². The van der Waals surface area contributed by atoms with Gasteiger partial charge in [0.1, 0.15) is 5.82 Å². The SMILES string of the molecule is CCN(Cc1cnn(C)c1)Cc1nc2ccc(Cl)cc2c(=O)[nH]1. The van der Waals surface area contributed by atoms with Gasteiger partial charge in [0.05, 0.1) is 23.6 Å². The molecule has 0 saturated heterocycles. The van der Waals surface area contributed by atoms with Gasteiger partial charge in [-0.2, -0.15) is 5.10 Å². The van der Waals surface area contributed by atoms with E-state index in [1.807, 2.05) is 19.4 Å². The Morgan fingerprint density at radius 1 is 1.35 bits per heavy atom. The molecule has 3 rings (SSSR count). The molecule has 7 heteroatoms. The molecule has 23 heavy (non-hydrogen) atoms. The molecule has 2 aromatic heterocycles. The number of benzene rings is 1. The number of fused-ring (bicyclic) bond motifs is 1. The summed E-state index contributed by atoms with van der Waals surface area (Å²) in [4.78, 5) is 21.8. The lowest BCUT2D eigenvalue weighted by molar-refractivity contribution is 0.264. The number of hydrogen-bond donors (Lipinski definition) is 1. The van der Waals surface area contributed by atoms with Gasteiger partial charge in [0, 0.05) is 30.4 Å². The van der Waals surface area contributed by atoms with Crippen LogP contribution in [0.3, 0.4) is 0 Å². The standard InChI is InChI=1S/C16H18ClN5O/c1-3-22(9-11-7-18-21(2)8-11)10-15-19-14-5-4-12(17)6-13(14)16(23)20-15/h4-8H,3,9-10H2,1-2H3,(H,19,20,23). The fourth-order valence-electron chi connectivity index (χ4n) is 2.54. The zero-order valence-corrected chi connectivity index (χ0v) is 13.8. The van der Waals surface area contributed by atoms with Gasteiger partial charge < -0.3 is 4.98 Å². The summed E-state index contributed by atoms with van der Waals surface area (Å²) >= 11 is 5.93. The third-order valence-corrected chi connectivity index (χ3v) is 3.94. The molecule has 3 aromatic rings. The van der Waals surface area contributed by atoms with Crippen LogP contribution < -0.4 is 5.56 Å². The van der Waals surface area contributed by atoms with Crippen molar-refractivity contribution in [2.75, 3.05) is 6.54 Å². The maximum absolute atomic E-state index is 12.2. The normalized spacial score (nSPS) is 11.5. The molecular formula is C16H18ClN5O. The Kier molecular flexibility index (Phi) is 4.45. The van der Waals surface area contributed by atoms with E-state index < -0.39 is 0 Å². The van der Waals surface area contributed by atoms with Crippen LogP contribution in [0.25, 0.3) is 10.9 Å². The summed E-state index contributed by atoms with van der Waals surface area (Å²) in [7, 11) is 1.90. The molecule has 1 N–H and O–H groups in total. The molecule has 0 aliphatic rings. The molecule has 0 spiro atoms. The van der Waals surface area contributed by atoms with E-state index in [2.05, 4.69) is 26.9 Å². The van der Waals surface area contributed by atoms with E-state index in [0.29, 0.717) is 28.3 Å². The molecule has 0 unspecified atom stereocenters. The Bertz CT molecular complexity index is 886. The van der Waals surface area contributed by atoms with Crippen LogP contribution >= 0.6 is 11.6 Å². The van der Waals surface area contributed by atoms with E-state index in [4.69, 9.17) is 11.6 Å². The smallest absolute Gasteiger partial charge is 0.258 e.